The standard InChI is InChI=1S/C11H13N5O/c1-2-5-16-11(14-8-15-16)6-10(17)9-7-12-3-4-13-9/h3-4,7-8H,2,5-6H2,1H3. The van der Waals surface area contributed by atoms with E-state index in [9.17, 15) is 4.79 Å². The summed E-state index contributed by atoms with van der Waals surface area (Å²) < 4.78 is 1.74. The quantitative estimate of drug-likeness (QED) is 0.715. The molecule has 6 nitrogen and oxygen atoms in total. The highest BCUT2D eigenvalue weighted by molar-refractivity contribution is 5.94. The van der Waals surface area contributed by atoms with E-state index in [-0.39, 0.29) is 12.2 Å². The summed E-state index contributed by atoms with van der Waals surface area (Å²) in [7, 11) is 0. The number of hydrogen-bond acceptors (Lipinski definition) is 5. The molecule has 0 amide bonds. The van der Waals surface area contributed by atoms with Gasteiger partial charge in [0.25, 0.3) is 0 Å². The minimum atomic E-state index is -0.0940. The van der Waals surface area contributed by atoms with E-state index in [0.717, 1.165) is 13.0 Å². The maximum Gasteiger partial charge on any atom is 0.190 e. The fourth-order valence-corrected chi connectivity index (χ4v) is 1.50. The predicted octanol–water partition coefficient (Wildman–Crippen LogP) is 0.903. The Kier molecular flexibility index (Phi) is 3.54. The number of aryl methyl sites for hydroxylation is 1. The smallest absolute Gasteiger partial charge is 0.190 e. The Morgan fingerprint density at radius 2 is 2.24 bits per heavy atom. The number of carbonyl (C=O) groups excluding carboxylic acids is 1. The van der Waals surface area contributed by atoms with Gasteiger partial charge in [-0.1, -0.05) is 6.92 Å². The lowest BCUT2D eigenvalue weighted by molar-refractivity contribution is 0.0984. The van der Waals surface area contributed by atoms with E-state index in [1.165, 1.54) is 24.9 Å². The summed E-state index contributed by atoms with van der Waals surface area (Å²) in [5.74, 6) is 0.575. The normalized spacial score (nSPS) is 10.4. The summed E-state index contributed by atoms with van der Waals surface area (Å²) >= 11 is 0. The lowest BCUT2D eigenvalue weighted by Gasteiger charge is -2.03. The molecule has 2 heterocycles. The average molecular weight is 231 g/mol. The molecule has 2 rings (SSSR count). The van der Waals surface area contributed by atoms with Crippen molar-refractivity contribution in [2.75, 3.05) is 0 Å². The summed E-state index contributed by atoms with van der Waals surface area (Å²) in [6, 6.07) is 0. The zero-order chi connectivity index (χ0) is 12.1. The van der Waals surface area contributed by atoms with Crippen LogP contribution in [0.25, 0.3) is 0 Å². The van der Waals surface area contributed by atoms with Gasteiger partial charge < -0.3 is 0 Å². The van der Waals surface area contributed by atoms with E-state index in [1.807, 2.05) is 0 Å². The highest BCUT2D eigenvalue weighted by atomic mass is 16.1. The molecule has 0 saturated carbocycles. The predicted molar refractivity (Wildman–Crippen MR) is 60.4 cm³/mol. The second-order valence-corrected chi connectivity index (χ2v) is 3.59. The first-order valence-corrected chi connectivity index (χ1v) is 5.47. The topological polar surface area (TPSA) is 73.6 Å². The van der Waals surface area contributed by atoms with Crippen LogP contribution in [0.4, 0.5) is 0 Å². The van der Waals surface area contributed by atoms with Gasteiger partial charge in [-0.25, -0.2) is 14.6 Å². The van der Waals surface area contributed by atoms with Crippen LogP contribution in [-0.4, -0.2) is 30.5 Å². The monoisotopic (exact) mass is 231 g/mol. The largest absolute Gasteiger partial charge is 0.292 e. The van der Waals surface area contributed by atoms with Gasteiger partial charge in [-0.15, -0.1) is 0 Å². The SMILES string of the molecule is CCCn1ncnc1CC(=O)c1cnccn1. The third-order valence-corrected chi connectivity index (χ3v) is 2.30. The van der Waals surface area contributed by atoms with Crippen molar-refractivity contribution in [3.8, 4) is 0 Å². The molecule has 17 heavy (non-hydrogen) atoms. The van der Waals surface area contributed by atoms with E-state index in [0.29, 0.717) is 11.5 Å². The first kappa shape index (κ1) is 11.4. The average Bonchev–Trinajstić information content (AvgIpc) is 2.78. The number of rotatable bonds is 5. The van der Waals surface area contributed by atoms with Crippen LogP contribution in [0.1, 0.15) is 29.7 Å². The van der Waals surface area contributed by atoms with Crippen LogP contribution >= 0.6 is 0 Å². The number of carbonyl (C=O) groups is 1. The van der Waals surface area contributed by atoms with Crippen molar-refractivity contribution >= 4 is 5.78 Å². The molecule has 2 aromatic heterocycles. The summed E-state index contributed by atoms with van der Waals surface area (Å²) in [6.07, 6.45) is 7.13. The number of nitrogens with zero attached hydrogens (tertiary/aromatic N) is 5. The van der Waals surface area contributed by atoms with E-state index >= 15 is 0 Å². The Hall–Kier alpha value is -2.11. The van der Waals surface area contributed by atoms with Crippen molar-refractivity contribution in [1.29, 1.82) is 0 Å². The Balaban J connectivity index is 2.11. The highest BCUT2D eigenvalue weighted by Gasteiger charge is 2.12. The lowest BCUT2D eigenvalue weighted by Crippen LogP contribution is -2.12. The molecule has 0 atom stereocenters. The van der Waals surface area contributed by atoms with Gasteiger partial charge in [-0.2, -0.15) is 5.10 Å². The summed E-state index contributed by atoms with van der Waals surface area (Å²) in [4.78, 5) is 23.8. The van der Waals surface area contributed by atoms with E-state index in [2.05, 4.69) is 27.0 Å². The number of aromatic nitrogens is 5. The molecule has 0 aliphatic heterocycles. The van der Waals surface area contributed by atoms with Crippen molar-refractivity contribution in [2.45, 2.75) is 26.3 Å². The zero-order valence-electron chi connectivity index (χ0n) is 9.58. The molecule has 2 aromatic rings. The Morgan fingerprint density at radius 3 is 2.94 bits per heavy atom. The van der Waals surface area contributed by atoms with E-state index in [4.69, 9.17) is 0 Å². The highest BCUT2D eigenvalue weighted by Crippen LogP contribution is 2.02. The first-order valence-electron chi connectivity index (χ1n) is 5.47. The van der Waals surface area contributed by atoms with Crippen LogP contribution in [0.15, 0.2) is 24.9 Å². The maximum absolute atomic E-state index is 11.9. The van der Waals surface area contributed by atoms with Crippen molar-refractivity contribution in [3.05, 3.63) is 36.4 Å². The molecule has 0 aliphatic carbocycles. The van der Waals surface area contributed by atoms with Gasteiger partial charge in [-0.3, -0.25) is 9.78 Å². The molecule has 88 valence electrons. The molecule has 0 aliphatic rings. The molecular formula is C11H13N5O. The lowest BCUT2D eigenvalue weighted by atomic mass is 10.2. The van der Waals surface area contributed by atoms with E-state index in [1.54, 1.807) is 4.68 Å². The van der Waals surface area contributed by atoms with Crippen LogP contribution in [0.2, 0.25) is 0 Å². The fourth-order valence-electron chi connectivity index (χ4n) is 1.50. The van der Waals surface area contributed by atoms with Crippen molar-refractivity contribution in [1.82, 2.24) is 24.7 Å². The summed E-state index contributed by atoms with van der Waals surface area (Å²) in [6.45, 7) is 2.82. The molecule has 0 N–H and O–H groups in total. The van der Waals surface area contributed by atoms with Gasteiger partial charge in [-0.05, 0) is 6.42 Å². The number of ketones is 1. The molecule has 0 radical (unpaired) electrons. The molecule has 0 fully saturated rings. The summed E-state index contributed by atoms with van der Waals surface area (Å²) in [5, 5.41) is 4.07. The van der Waals surface area contributed by atoms with Crippen LogP contribution in [0.5, 0.6) is 0 Å². The molecular weight excluding hydrogens is 218 g/mol. The number of Topliss-reactive ketones (excluding diaryl/α,β-unsaturated/α-hetero) is 1. The minimum Gasteiger partial charge on any atom is -0.292 e. The van der Waals surface area contributed by atoms with Crippen molar-refractivity contribution < 1.29 is 4.79 Å². The molecule has 0 unspecified atom stereocenters. The fraction of sp³-hybridized carbons (Fsp3) is 0.364. The van der Waals surface area contributed by atoms with Gasteiger partial charge >= 0.3 is 0 Å². The van der Waals surface area contributed by atoms with Crippen molar-refractivity contribution in [2.24, 2.45) is 0 Å². The van der Waals surface area contributed by atoms with Gasteiger partial charge in [0.2, 0.25) is 0 Å². The second kappa shape index (κ2) is 5.29. The third kappa shape index (κ3) is 2.72. The molecule has 6 heteroatoms. The molecule has 0 spiro atoms. The van der Waals surface area contributed by atoms with E-state index < -0.39 is 0 Å². The molecule has 0 bridgehead atoms. The second-order valence-electron chi connectivity index (χ2n) is 3.59. The molecule has 0 saturated heterocycles. The molecule has 0 aromatic carbocycles. The van der Waals surface area contributed by atoms with Crippen LogP contribution in [0, 0.1) is 0 Å². The van der Waals surface area contributed by atoms with Crippen LogP contribution < -0.4 is 0 Å². The van der Waals surface area contributed by atoms with Gasteiger partial charge in [0, 0.05) is 18.9 Å². The zero-order valence-corrected chi connectivity index (χ0v) is 9.58. The van der Waals surface area contributed by atoms with Crippen LogP contribution in [-0.2, 0) is 13.0 Å². The Labute approximate surface area is 98.7 Å². The van der Waals surface area contributed by atoms with Crippen LogP contribution in [0.3, 0.4) is 0 Å². The Morgan fingerprint density at radius 1 is 1.35 bits per heavy atom. The Bertz CT molecular complexity index is 494. The maximum atomic E-state index is 11.9. The number of hydrogen-bond donors (Lipinski definition) is 0. The first-order chi connectivity index (χ1) is 8.31. The van der Waals surface area contributed by atoms with Crippen molar-refractivity contribution in [3.63, 3.8) is 0 Å². The van der Waals surface area contributed by atoms with Gasteiger partial charge in [0.1, 0.15) is 17.8 Å². The summed E-state index contributed by atoms with van der Waals surface area (Å²) in [5.41, 5.74) is 0.360. The van der Waals surface area contributed by atoms with Gasteiger partial charge in [0.15, 0.2) is 5.78 Å². The minimum absolute atomic E-state index is 0.0940. The third-order valence-electron chi connectivity index (χ3n) is 2.30. The van der Waals surface area contributed by atoms with Gasteiger partial charge in [0.05, 0.1) is 12.6 Å².